The summed E-state index contributed by atoms with van der Waals surface area (Å²) in [6, 6.07) is 9.63. The number of aryl methyl sites for hydroxylation is 1. The van der Waals surface area contributed by atoms with Crippen molar-refractivity contribution in [3.8, 4) is 11.5 Å². The Balaban J connectivity index is 1.74. The van der Waals surface area contributed by atoms with E-state index in [9.17, 15) is 13.2 Å². The highest BCUT2D eigenvalue weighted by Gasteiger charge is 2.29. The summed E-state index contributed by atoms with van der Waals surface area (Å²) in [5.74, 6) is 0.325. The molecule has 0 spiro atoms. The molecule has 10 heteroatoms. The lowest BCUT2D eigenvalue weighted by Gasteiger charge is -2.27. The Bertz CT molecular complexity index is 1040. The van der Waals surface area contributed by atoms with Crippen LogP contribution in [0.1, 0.15) is 12.5 Å². The van der Waals surface area contributed by atoms with Gasteiger partial charge in [-0.2, -0.15) is 4.31 Å². The zero-order chi connectivity index (χ0) is 22.4. The second-order valence-corrected chi connectivity index (χ2v) is 9.17. The Morgan fingerprint density at radius 3 is 2.58 bits per heavy atom. The van der Waals surface area contributed by atoms with E-state index >= 15 is 0 Å². The maximum absolute atomic E-state index is 13.1. The Hall–Kier alpha value is -2.33. The number of anilines is 1. The number of morpholine rings is 1. The number of nitrogens with zero attached hydrogens (tertiary/aromatic N) is 1. The third kappa shape index (κ3) is 5.88. The Morgan fingerprint density at radius 1 is 1.16 bits per heavy atom. The Kier molecular flexibility index (Phi) is 7.77. The van der Waals surface area contributed by atoms with Crippen LogP contribution in [0.3, 0.4) is 0 Å². The molecule has 0 radical (unpaired) electrons. The number of rotatable bonds is 8. The molecule has 1 N–H and O–H groups in total. The number of halogens is 1. The smallest absolute Gasteiger partial charge is 0.262 e. The van der Waals surface area contributed by atoms with Gasteiger partial charge >= 0.3 is 0 Å². The lowest BCUT2D eigenvalue weighted by atomic mass is 10.2. The van der Waals surface area contributed by atoms with Gasteiger partial charge in [-0.3, -0.25) is 4.79 Å². The van der Waals surface area contributed by atoms with Crippen LogP contribution in [0.4, 0.5) is 5.69 Å². The molecule has 31 heavy (non-hydrogen) atoms. The average Bonchev–Trinajstić information content (AvgIpc) is 2.76. The van der Waals surface area contributed by atoms with Crippen molar-refractivity contribution in [2.75, 3.05) is 44.8 Å². The predicted octanol–water partition coefficient (Wildman–Crippen LogP) is 3.09. The third-order valence-corrected chi connectivity index (χ3v) is 6.96. The summed E-state index contributed by atoms with van der Waals surface area (Å²) >= 11 is 5.99. The van der Waals surface area contributed by atoms with Gasteiger partial charge in [0, 0.05) is 23.8 Å². The van der Waals surface area contributed by atoms with Gasteiger partial charge in [0.25, 0.3) is 5.91 Å². The molecule has 0 unspecified atom stereocenters. The molecule has 0 atom stereocenters. The molecule has 1 amide bonds. The van der Waals surface area contributed by atoms with Crippen molar-refractivity contribution in [2.45, 2.75) is 18.7 Å². The standard InChI is InChI=1S/C21H25ClN2O6S/c1-3-29-19-7-4-16(13-20(19)31(26,27)24-8-10-28-11-9-24)23-21(25)14-30-17-5-6-18(22)15(2)12-17/h4-7,12-13H,3,8-11,14H2,1-2H3,(H,23,25). The SMILES string of the molecule is CCOc1ccc(NC(=O)COc2ccc(Cl)c(C)c2)cc1S(=O)(=O)N1CCOCC1. The van der Waals surface area contributed by atoms with Gasteiger partial charge in [0.05, 0.1) is 19.8 Å². The number of ether oxygens (including phenoxy) is 3. The predicted molar refractivity (Wildman–Crippen MR) is 118 cm³/mol. The number of hydrogen-bond acceptors (Lipinski definition) is 6. The van der Waals surface area contributed by atoms with E-state index in [4.69, 9.17) is 25.8 Å². The van der Waals surface area contributed by atoms with Crippen LogP contribution in [-0.4, -0.2) is 58.1 Å². The number of amides is 1. The van der Waals surface area contributed by atoms with Crippen LogP contribution in [0.15, 0.2) is 41.3 Å². The zero-order valence-corrected chi connectivity index (χ0v) is 19.0. The Morgan fingerprint density at radius 2 is 1.90 bits per heavy atom. The van der Waals surface area contributed by atoms with E-state index in [-0.39, 0.29) is 30.3 Å². The molecule has 1 aliphatic rings. The summed E-state index contributed by atoms with van der Waals surface area (Å²) in [7, 11) is -3.80. The molecule has 0 aliphatic carbocycles. The normalized spacial score (nSPS) is 14.8. The maximum Gasteiger partial charge on any atom is 0.262 e. The molecule has 0 bridgehead atoms. The molecule has 168 valence electrons. The largest absolute Gasteiger partial charge is 0.492 e. The second kappa shape index (κ2) is 10.3. The van der Waals surface area contributed by atoms with Crippen LogP contribution in [0, 0.1) is 6.92 Å². The van der Waals surface area contributed by atoms with Crippen molar-refractivity contribution in [2.24, 2.45) is 0 Å². The van der Waals surface area contributed by atoms with Gasteiger partial charge in [0.1, 0.15) is 16.4 Å². The second-order valence-electron chi connectivity index (χ2n) is 6.86. The van der Waals surface area contributed by atoms with Crippen LogP contribution in [0.5, 0.6) is 11.5 Å². The van der Waals surface area contributed by atoms with Crippen molar-refractivity contribution < 1.29 is 27.4 Å². The topological polar surface area (TPSA) is 94.2 Å². The van der Waals surface area contributed by atoms with Crippen LogP contribution < -0.4 is 14.8 Å². The lowest BCUT2D eigenvalue weighted by Crippen LogP contribution is -2.40. The van der Waals surface area contributed by atoms with Crippen LogP contribution in [0.2, 0.25) is 5.02 Å². The highest BCUT2D eigenvalue weighted by Crippen LogP contribution is 2.30. The fourth-order valence-corrected chi connectivity index (χ4v) is 4.72. The minimum absolute atomic E-state index is 0.00305. The fraction of sp³-hybridized carbons (Fsp3) is 0.381. The van der Waals surface area contributed by atoms with Gasteiger partial charge in [0.15, 0.2) is 6.61 Å². The highest BCUT2D eigenvalue weighted by atomic mass is 35.5. The molecule has 1 aliphatic heterocycles. The van der Waals surface area contributed by atoms with Gasteiger partial charge in [0.2, 0.25) is 10.0 Å². The van der Waals surface area contributed by atoms with Gasteiger partial charge in [-0.25, -0.2) is 8.42 Å². The molecule has 3 rings (SSSR count). The van der Waals surface area contributed by atoms with E-state index in [0.29, 0.717) is 36.3 Å². The van der Waals surface area contributed by atoms with Crippen LogP contribution in [-0.2, 0) is 19.6 Å². The molecule has 1 saturated heterocycles. The van der Waals surface area contributed by atoms with E-state index in [2.05, 4.69) is 5.32 Å². The van der Waals surface area contributed by atoms with Crippen molar-refractivity contribution in [3.05, 3.63) is 47.0 Å². The van der Waals surface area contributed by atoms with E-state index < -0.39 is 15.9 Å². The molecule has 1 fully saturated rings. The van der Waals surface area contributed by atoms with E-state index in [0.717, 1.165) is 5.56 Å². The lowest BCUT2D eigenvalue weighted by molar-refractivity contribution is -0.118. The van der Waals surface area contributed by atoms with Crippen molar-refractivity contribution in [1.29, 1.82) is 0 Å². The first-order valence-electron chi connectivity index (χ1n) is 9.85. The molecule has 2 aromatic carbocycles. The Labute approximate surface area is 187 Å². The molecule has 1 heterocycles. The summed E-state index contributed by atoms with van der Waals surface area (Å²) < 4.78 is 43.9. The van der Waals surface area contributed by atoms with Crippen LogP contribution >= 0.6 is 11.6 Å². The summed E-state index contributed by atoms with van der Waals surface area (Å²) in [6.07, 6.45) is 0. The molecule has 2 aromatic rings. The number of carbonyl (C=O) groups is 1. The number of carbonyl (C=O) groups excluding carboxylic acids is 1. The summed E-state index contributed by atoms with van der Waals surface area (Å²) in [5, 5.41) is 3.28. The average molecular weight is 469 g/mol. The number of hydrogen-bond donors (Lipinski definition) is 1. The molecular weight excluding hydrogens is 444 g/mol. The van der Waals surface area contributed by atoms with E-state index in [1.54, 1.807) is 31.2 Å². The highest BCUT2D eigenvalue weighted by molar-refractivity contribution is 7.89. The minimum Gasteiger partial charge on any atom is -0.492 e. The first-order chi connectivity index (χ1) is 14.8. The fourth-order valence-electron chi connectivity index (χ4n) is 3.04. The first kappa shape index (κ1) is 23.3. The first-order valence-corrected chi connectivity index (χ1v) is 11.7. The molecule has 0 aromatic heterocycles. The number of sulfonamides is 1. The molecule has 0 saturated carbocycles. The van der Waals surface area contributed by atoms with Gasteiger partial charge in [-0.05, 0) is 55.8 Å². The van der Waals surface area contributed by atoms with Gasteiger partial charge < -0.3 is 19.5 Å². The maximum atomic E-state index is 13.1. The minimum atomic E-state index is -3.80. The van der Waals surface area contributed by atoms with E-state index in [1.165, 1.54) is 16.4 Å². The molecule has 8 nitrogen and oxygen atoms in total. The van der Waals surface area contributed by atoms with Crippen LogP contribution in [0.25, 0.3) is 0 Å². The van der Waals surface area contributed by atoms with E-state index in [1.807, 2.05) is 6.92 Å². The number of benzene rings is 2. The zero-order valence-electron chi connectivity index (χ0n) is 17.4. The number of nitrogens with one attached hydrogen (secondary N) is 1. The summed E-state index contributed by atoms with van der Waals surface area (Å²) in [4.78, 5) is 12.3. The van der Waals surface area contributed by atoms with Crippen molar-refractivity contribution in [1.82, 2.24) is 4.31 Å². The summed E-state index contributed by atoms with van der Waals surface area (Å²) in [5.41, 5.74) is 1.17. The molecular formula is C21H25ClN2O6S. The van der Waals surface area contributed by atoms with Crippen molar-refractivity contribution in [3.63, 3.8) is 0 Å². The monoisotopic (exact) mass is 468 g/mol. The van der Waals surface area contributed by atoms with Crippen molar-refractivity contribution >= 4 is 33.2 Å². The summed E-state index contributed by atoms with van der Waals surface area (Å²) in [6.45, 7) is 4.88. The third-order valence-electron chi connectivity index (χ3n) is 4.61. The van der Waals surface area contributed by atoms with Gasteiger partial charge in [-0.1, -0.05) is 11.6 Å². The quantitative estimate of drug-likeness (QED) is 0.639. The van der Waals surface area contributed by atoms with Gasteiger partial charge in [-0.15, -0.1) is 0 Å².